The Balaban J connectivity index is 2.05. The van der Waals surface area contributed by atoms with E-state index in [-0.39, 0.29) is 4.90 Å². The first kappa shape index (κ1) is 15.8. The van der Waals surface area contributed by atoms with E-state index < -0.39 is 10.0 Å². The number of halogens is 1. The van der Waals surface area contributed by atoms with Gasteiger partial charge in [-0.3, -0.25) is 0 Å². The molecule has 0 radical (unpaired) electrons. The van der Waals surface area contributed by atoms with Gasteiger partial charge in [0, 0.05) is 31.4 Å². The van der Waals surface area contributed by atoms with Crippen molar-refractivity contribution in [3.63, 3.8) is 0 Å². The van der Waals surface area contributed by atoms with Crippen LogP contribution < -0.4 is 5.32 Å². The van der Waals surface area contributed by atoms with Gasteiger partial charge in [0.2, 0.25) is 10.0 Å². The minimum Gasteiger partial charge on any atom is -0.381 e. The van der Waals surface area contributed by atoms with E-state index in [1.54, 1.807) is 24.3 Å². The number of benzene rings is 2. The normalized spacial score (nSPS) is 11.6. The highest BCUT2D eigenvalue weighted by atomic mass is 35.5. The van der Waals surface area contributed by atoms with Crippen LogP contribution in [0, 0.1) is 0 Å². The van der Waals surface area contributed by atoms with Crippen molar-refractivity contribution in [1.29, 1.82) is 0 Å². The van der Waals surface area contributed by atoms with Crippen LogP contribution in [0.2, 0.25) is 5.02 Å². The third-order valence-corrected chi connectivity index (χ3v) is 5.12. The van der Waals surface area contributed by atoms with E-state index in [0.717, 1.165) is 11.3 Å². The predicted molar refractivity (Wildman–Crippen MR) is 86.1 cm³/mol. The topological polar surface area (TPSA) is 49.4 Å². The molecule has 0 aliphatic carbocycles. The van der Waals surface area contributed by atoms with Crippen LogP contribution in [-0.4, -0.2) is 26.8 Å². The molecule has 6 heteroatoms. The molecule has 2 aromatic carbocycles. The first-order chi connectivity index (χ1) is 9.89. The second-order valence-corrected chi connectivity index (χ2v) is 7.38. The molecule has 0 saturated heterocycles. The molecule has 0 saturated carbocycles. The summed E-state index contributed by atoms with van der Waals surface area (Å²) in [4.78, 5) is 0.282. The summed E-state index contributed by atoms with van der Waals surface area (Å²) in [5.74, 6) is 0. The maximum Gasteiger partial charge on any atom is 0.242 e. The molecule has 0 aromatic heterocycles. The van der Waals surface area contributed by atoms with Crippen molar-refractivity contribution in [2.75, 3.05) is 19.4 Å². The Morgan fingerprint density at radius 2 is 1.57 bits per heavy atom. The molecule has 0 heterocycles. The molecule has 0 unspecified atom stereocenters. The van der Waals surface area contributed by atoms with Gasteiger partial charge in [0.05, 0.1) is 4.90 Å². The molecule has 2 rings (SSSR count). The summed E-state index contributed by atoms with van der Waals surface area (Å²) in [7, 11) is -0.343. The van der Waals surface area contributed by atoms with Crippen LogP contribution in [0.25, 0.3) is 0 Å². The van der Waals surface area contributed by atoms with Gasteiger partial charge in [0.15, 0.2) is 0 Å². The van der Waals surface area contributed by atoms with Crippen molar-refractivity contribution < 1.29 is 8.42 Å². The Labute approximate surface area is 130 Å². The van der Waals surface area contributed by atoms with Crippen LogP contribution in [0.4, 0.5) is 5.69 Å². The van der Waals surface area contributed by atoms with Crippen LogP contribution in [0.15, 0.2) is 53.4 Å². The average Bonchev–Trinajstić information content (AvgIpc) is 2.47. The molecule has 21 heavy (non-hydrogen) atoms. The largest absolute Gasteiger partial charge is 0.381 e. The van der Waals surface area contributed by atoms with Crippen LogP contribution in [-0.2, 0) is 16.6 Å². The summed E-state index contributed by atoms with van der Waals surface area (Å²) in [6.07, 6.45) is 0. The Morgan fingerprint density at radius 1 is 1.00 bits per heavy atom. The van der Waals surface area contributed by atoms with E-state index in [4.69, 9.17) is 11.6 Å². The lowest BCUT2D eigenvalue weighted by Gasteiger charge is -2.12. The van der Waals surface area contributed by atoms with Crippen LogP contribution in [0.3, 0.4) is 0 Å². The van der Waals surface area contributed by atoms with Crippen LogP contribution in [0.1, 0.15) is 5.56 Å². The zero-order valence-corrected chi connectivity index (χ0v) is 13.4. The highest BCUT2D eigenvalue weighted by Crippen LogP contribution is 2.17. The summed E-state index contributed by atoms with van der Waals surface area (Å²) >= 11 is 5.83. The van der Waals surface area contributed by atoms with Gasteiger partial charge in [-0.05, 0) is 42.0 Å². The number of anilines is 1. The summed E-state index contributed by atoms with van der Waals surface area (Å²) in [5, 5.41) is 3.94. The number of hydrogen-bond donors (Lipinski definition) is 1. The Bertz CT molecular complexity index is 695. The van der Waals surface area contributed by atoms with E-state index in [2.05, 4.69) is 5.32 Å². The van der Waals surface area contributed by atoms with Gasteiger partial charge in [0.25, 0.3) is 0 Å². The monoisotopic (exact) mass is 324 g/mol. The molecule has 112 valence electrons. The molecule has 0 aliphatic rings. The van der Waals surface area contributed by atoms with Crippen molar-refractivity contribution in [3.8, 4) is 0 Å². The minimum atomic E-state index is -3.37. The van der Waals surface area contributed by atoms with Crippen molar-refractivity contribution >= 4 is 27.3 Å². The molecule has 2 aromatic rings. The quantitative estimate of drug-likeness (QED) is 0.918. The molecule has 1 N–H and O–H groups in total. The second-order valence-electron chi connectivity index (χ2n) is 4.79. The SMILES string of the molecule is CN(C)S(=O)(=O)c1ccc(NCc2ccc(Cl)cc2)cc1. The lowest BCUT2D eigenvalue weighted by atomic mass is 10.2. The average molecular weight is 325 g/mol. The zero-order valence-electron chi connectivity index (χ0n) is 11.9. The standard InChI is InChI=1S/C15H17ClN2O2S/c1-18(2)21(19,20)15-9-7-14(8-10-15)17-11-12-3-5-13(16)6-4-12/h3-10,17H,11H2,1-2H3. The van der Waals surface area contributed by atoms with Crippen molar-refractivity contribution in [2.45, 2.75) is 11.4 Å². The minimum absolute atomic E-state index is 0.282. The van der Waals surface area contributed by atoms with E-state index in [9.17, 15) is 8.42 Å². The van der Waals surface area contributed by atoms with Gasteiger partial charge in [-0.25, -0.2) is 12.7 Å². The van der Waals surface area contributed by atoms with Gasteiger partial charge in [-0.1, -0.05) is 23.7 Å². The highest BCUT2D eigenvalue weighted by Gasteiger charge is 2.16. The molecule has 0 amide bonds. The first-order valence-corrected chi connectivity index (χ1v) is 8.22. The van der Waals surface area contributed by atoms with Crippen molar-refractivity contribution in [3.05, 3.63) is 59.1 Å². The van der Waals surface area contributed by atoms with Crippen LogP contribution >= 0.6 is 11.6 Å². The first-order valence-electron chi connectivity index (χ1n) is 6.40. The third kappa shape index (κ3) is 3.97. The number of rotatable bonds is 5. The van der Waals surface area contributed by atoms with Gasteiger partial charge in [0.1, 0.15) is 0 Å². The molecule has 0 aliphatic heterocycles. The fourth-order valence-electron chi connectivity index (χ4n) is 1.76. The fourth-order valence-corrected chi connectivity index (χ4v) is 2.79. The predicted octanol–water partition coefficient (Wildman–Crippen LogP) is 3.20. The van der Waals surface area contributed by atoms with Crippen molar-refractivity contribution in [1.82, 2.24) is 4.31 Å². The van der Waals surface area contributed by atoms with E-state index in [1.807, 2.05) is 24.3 Å². The van der Waals surface area contributed by atoms with E-state index >= 15 is 0 Å². The summed E-state index contributed by atoms with van der Waals surface area (Å²) < 4.78 is 25.1. The smallest absolute Gasteiger partial charge is 0.242 e. The molecular weight excluding hydrogens is 308 g/mol. The molecule has 4 nitrogen and oxygen atoms in total. The number of nitrogens with one attached hydrogen (secondary N) is 1. The Kier molecular flexibility index (Phi) is 4.88. The zero-order chi connectivity index (χ0) is 15.5. The summed E-state index contributed by atoms with van der Waals surface area (Å²) in [6.45, 7) is 0.650. The molecule has 0 fully saturated rings. The Hall–Kier alpha value is -1.56. The maximum absolute atomic E-state index is 11.9. The van der Waals surface area contributed by atoms with Crippen molar-refractivity contribution in [2.24, 2.45) is 0 Å². The van der Waals surface area contributed by atoms with Gasteiger partial charge >= 0.3 is 0 Å². The number of nitrogens with zero attached hydrogens (tertiary/aromatic N) is 1. The van der Waals surface area contributed by atoms with Gasteiger partial charge in [-0.15, -0.1) is 0 Å². The van der Waals surface area contributed by atoms with Gasteiger partial charge < -0.3 is 5.32 Å². The van der Waals surface area contributed by atoms with E-state index in [0.29, 0.717) is 11.6 Å². The maximum atomic E-state index is 11.9. The summed E-state index contributed by atoms with van der Waals surface area (Å²) in [5.41, 5.74) is 1.96. The molecular formula is C15H17ClN2O2S. The molecule has 0 spiro atoms. The lowest BCUT2D eigenvalue weighted by molar-refractivity contribution is 0.521. The third-order valence-electron chi connectivity index (χ3n) is 3.04. The number of sulfonamides is 1. The van der Waals surface area contributed by atoms with Crippen LogP contribution in [0.5, 0.6) is 0 Å². The van der Waals surface area contributed by atoms with E-state index in [1.165, 1.54) is 18.4 Å². The highest BCUT2D eigenvalue weighted by molar-refractivity contribution is 7.89. The summed E-state index contributed by atoms with van der Waals surface area (Å²) in [6, 6.07) is 14.3. The van der Waals surface area contributed by atoms with Gasteiger partial charge in [-0.2, -0.15) is 0 Å². The molecule has 0 atom stereocenters. The lowest BCUT2D eigenvalue weighted by Crippen LogP contribution is -2.22. The molecule has 0 bridgehead atoms. The second kappa shape index (κ2) is 6.47. The Morgan fingerprint density at radius 3 is 2.10 bits per heavy atom. The fraction of sp³-hybridized carbons (Fsp3) is 0.200. The number of hydrogen-bond acceptors (Lipinski definition) is 3.